The van der Waals surface area contributed by atoms with Crippen molar-refractivity contribution in [2.75, 3.05) is 18.5 Å². The molecule has 0 saturated carbocycles. The summed E-state index contributed by atoms with van der Waals surface area (Å²) in [6, 6.07) is 7.66. The first-order chi connectivity index (χ1) is 14.5. The van der Waals surface area contributed by atoms with Gasteiger partial charge in [-0.1, -0.05) is 39.1 Å². The second-order valence-electron chi connectivity index (χ2n) is 5.63. The van der Waals surface area contributed by atoms with Crippen LogP contribution in [0.3, 0.4) is 0 Å². The molecule has 0 aliphatic carbocycles. The topological polar surface area (TPSA) is 111 Å². The number of rotatable bonds is 9. The molecule has 31 heavy (non-hydrogen) atoms. The number of hydrogen-bond acceptors (Lipinski definition) is 6. The molecule has 0 aromatic heterocycles. The van der Waals surface area contributed by atoms with E-state index in [1.165, 1.54) is 36.4 Å². The molecule has 2 rings (SSSR count). The molecule has 0 heterocycles. The first-order valence-corrected chi connectivity index (χ1v) is 11.2. The minimum atomic E-state index is -4.23. The molecule has 0 fully saturated rings. The van der Waals surface area contributed by atoms with Crippen LogP contribution in [-0.2, 0) is 24.3 Å². The van der Waals surface area contributed by atoms with E-state index in [9.17, 15) is 26.8 Å². The second-order valence-corrected chi connectivity index (χ2v) is 9.07. The minimum absolute atomic E-state index is 0.0994. The van der Waals surface area contributed by atoms with E-state index in [1.807, 2.05) is 4.72 Å². The van der Waals surface area contributed by atoms with E-state index in [0.29, 0.717) is 4.47 Å². The fraction of sp³-hybridized carbons (Fsp3) is 0.176. The zero-order valence-electron chi connectivity index (χ0n) is 15.2. The lowest BCUT2D eigenvalue weighted by Gasteiger charge is -2.11. The summed E-state index contributed by atoms with van der Waals surface area (Å²) in [6.45, 7) is -4.47. The Labute approximate surface area is 194 Å². The van der Waals surface area contributed by atoms with Crippen molar-refractivity contribution in [1.29, 1.82) is 0 Å². The second kappa shape index (κ2) is 11.0. The zero-order chi connectivity index (χ0) is 23.2. The molecular weight excluding hydrogens is 549 g/mol. The van der Waals surface area contributed by atoms with Crippen molar-refractivity contribution in [3.63, 3.8) is 0 Å². The van der Waals surface area contributed by atoms with Gasteiger partial charge in [-0.2, -0.15) is 13.5 Å². The molecule has 1 amide bonds. The van der Waals surface area contributed by atoms with Gasteiger partial charge in [0.2, 0.25) is 10.0 Å². The highest BCUT2D eigenvalue weighted by Gasteiger charge is 2.23. The molecule has 0 bridgehead atoms. The van der Waals surface area contributed by atoms with E-state index in [0.717, 1.165) is 0 Å². The Kier molecular flexibility index (Phi) is 9.01. The molecule has 0 aliphatic rings. The van der Waals surface area contributed by atoms with Gasteiger partial charge in [0.1, 0.15) is 17.2 Å². The number of carbonyl (C=O) groups is 2. The average molecular weight is 562 g/mol. The summed E-state index contributed by atoms with van der Waals surface area (Å²) in [5.74, 6) is -1.88. The third kappa shape index (κ3) is 7.89. The van der Waals surface area contributed by atoms with Crippen LogP contribution in [0.25, 0.3) is 0 Å². The number of alkyl halides is 2. The Balaban J connectivity index is 1.84. The van der Waals surface area contributed by atoms with Gasteiger partial charge in [0.25, 0.3) is 5.91 Å². The highest BCUT2D eigenvalue weighted by Crippen LogP contribution is 2.32. The number of sulfonamides is 1. The van der Waals surface area contributed by atoms with E-state index in [-0.39, 0.29) is 21.5 Å². The van der Waals surface area contributed by atoms with Gasteiger partial charge in [-0.15, -0.1) is 0 Å². The SMILES string of the molecule is O=C(COC(=O)CNS(=O)(=O)c1c(Cl)cc(Br)cc1Cl)Nc1ccc(OC(F)F)cc1. The van der Waals surface area contributed by atoms with E-state index < -0.39 is 46.6 Å². The summed E-state index contributed by atoms with van der Waals surface area (Å²) in [6.07, 6.45) is 0. The first-order valence-electron chi connectivity index (χ1n) is 8.12. The summed E-state index contributed by atoms with van der Waals surface area (Å²) in [7, 11) is -4.23. The Morgan fingerprint density at radius 2 is 1.68 bits per heavy atom. The predicted molar refractivity (Wildman–Crippen MR) is 112 cm³/mol. The Morgan fingerprint density at radius 3 is 2.23 bits per heavy atom. The third-order valence-corrected chi connectivity index (χ3v) is 6.15. The van der Waals surface area contributed by atoms with Crippen LogP contribution in [0, 0.1) is 0 Å². The molecule has 2 aromatic rings. The van der Waals surface area contributed by atoms with Crippen LogP contribution in [0.15, 0.2) is 45.8 Å². The Bertz CT molecular complexity index is 1050. The van der Waals surface area contributed by atoms with Crippen molar-refractivity contribution < 1.29 is 36.3 Å². The molecule has 8 nitrogen and oxygen atoms in total. The van der Waals surface area contributed by atoms with Gasteiger partial charge in [-0.05, 0) is 36.4 Å². The summed E-state index contributed by atoms with van der Waals surface area (Å²) in [5, 5.41) is 2.03. The van der Waals surface area contributed by atoms with Gasteiger partial charge in [0.15, 0.2) is 6.61 Å². The van der Waals surface area contributed by atoms with Crippen LogP contribution in [0.4, 0.5) is 14.5 Å². The van der Waals surface area contributed by atoms with Crippen LogP contribution < -0.4 is 14.8 Å². The smallest absolute Gasteiger partial charge is 0.387 e. The summed E-state index contributed by atoms with van der Waals surface area (Å²) in [4.78, 5) is 23.2. The lowest BCUT2D eigenvalue weighted by Crippen LogP contribution is -2.32. The Hall–Kier alpha value is -1.99. The molecule has 0 aliphatic heterocycles. The van der Waals surface area contributed by atoms with Crippen molar-refractivity contribution in [1.82, 2.24) is 4.72 Å². The maximum atomic E-state index is 12.3. The summed E-state index contributed by atoms with van der Waals surface area (Å²) < 4.78 is 60.1. The quantitative estimate of drug-likeness (QED) is 0.450. The number of benzene rings is 2. The molecule has 2 N–H and O–H groups in total. The van der Waals surface area contributed by atoms with Gasteiger partial charge >= 0.3 is 12.6 Å². The maximum absolute atomic E-state index is 12.3. The molecule has 0 spiro atoms. The lowest BCUT2D eigenvalue weighted by molar-refractivity contribution is -0.146. The monoisotopic (exact) mass is 560 g/mol. The number of amides is 1. The van der Waals surface area contributed by atoms with E-state index in [4.69, 9.17) is 23.2 Å². The average Bonchev–Trinajstić information content (AvgIpc) is 2.65. The number of carbonyl (C=O) groups excluding carboxylic acids is 2. The van der Waals surface area contributed by atoms with Crippen LogP contribution in [0.1, 0.15) is 0 Å². The number of nitrogens with one attached hydrogen (secondary N) is 2. The van der Waals surface area contributed by atoms with Crippen molar-refractivity contribution in [3.05, 3.63) is 50.9 Å². The summed E-state index contributed by atoms with van der Waals surface area (Å²) >= 11 is 14.9. The third-order valence-electron chi connectivity index (χ3n) is 3.37. The molecule has 0 radical (unpaired) electrons. The highest BCUT2D eigenvalue weighted by atomic mass is 79.9. The van der Waals surface area contributed by atoms with Gasteiger partial charge in [0, 0.05) is 10.2 Å². The minimum Gasteiger partial charge on any atom is -0.455 e. The van der Waals surface area contributed by atoms with Crippen LogP contribution in [0.5, 0.6) is 5.75 Å². The predicted octanol–water partition coefficient (Wildman–Crippen LogP) is 3.82. The van der Waals surface area contributed by atoms with E-state index in [1.54, 1.807) is 0 Å². The number of esters is 1. The van der Waals surface area contributed by atoms with Gasteiger partial charge in [0.05, 0.1) is 10.0 Å². The van der Waals surface area contributed by atoms with E-state index >= 15 is 0 Å². The van der Waals surface area contributed by atoms with Crippen LogP contribution in [0.2, 0.25) is 10.0 Å². The number of halogens is 5. The summed E-state index contributed by atoms with van der Waals surface area (Å²) in [5.41, 5.74) is 0.239. The number of anilines is 1. The van der Waals surface area contributed by atoms with Crippen molar-refractivity contribution >= 4 is 66.7 Å². The standard InChI is InChI=1S/C17H13BrCl2F2N2O6S/c18-9-5-12(19)16(13(20)6-9)31(27,28)23-7-15(26)29-8-14(25)24-10-1-3-11(4-2-10)30-17(21)22/h1-6,17,23H,7-8H2,(H,24,25). The first kappa shape index (κ1) is 25.3. The lowest BCUT2D eigenvalue weighted by atomic mass is 10.3. The number of hydrogen-bond donors (Lipinski definition) is 2. The molecule has 2 aromatic carbocycles. The van der Waals surface area contributed by atoms with Gasteiger partial charge in [-0.25, -0.2) is 8.42 Å². The largest absolute Gasteiger partial charge is 0.455 e. The Morgan fingerprint density at radius 1 is 1.10 bits per heavy atom. The normalized spacial score (nSPS) is 11.3. The van der Waals surface area contributed by atoms with Gasteiger partial charge in [-0.3, -0.25) is 9.59 Å². The van der Waals surface area contributed by atoms with Crippen molar-refractivity contribution in [2.24, 2.45) is 0 Å². The number of ether oxygens (including phenoxy) is 2. The molecule has 0 atom stereocenters. The fourth-order valence-electron chi connectivity index (χ4n) is 2.13. The fourth-order valence-corrected chi connectivity index (χ4v) is 5.03. The molecule has 0 saturated heterocycles. The molecular formula is C17H13BrCl2F2N2O6S. The van der Waals surface area contributed by atoms with Crippen LogP contribution >= 0.6 is 39.1 Å². The van der Waals surface area contributed by atoms with E-state index in [2.05, 4.69) is 30.7 Å². The molecule has 168 valence electrons. The van der Waals surface area contributed by atoms with Crippen LogP contribution in [-0.4, -0.2) is 40.1 Å². The zero-order valence-corrected chi connectivity index (χ0v) is 19.1. The molecule has 0 unspecified atom stereocenters. The highest BCUT2D eigenvalue weighted by molar-refractivity contribution is 9.10. The maximum Gasteiger partial charge on any atom is 0.387 e. The van der Waals surface area contributed by atoms with Gasteiger partial charge < -0.3 is 14.8 Å². The molecule has 14 heteroatoms. The van der Waals surface area contributed by atoms with Crippen molar-refractivity contribution in [3.8, 4) is 5.75 Å². The van der Waals surface area contributed by atoms with Crippen molar-refractivity contribution in [2.45, 2.75) is 11.5 Å².